The maximum absolute atomic E-state index is 10.9. The first-order valence-corrected chi connectivity index (χ1v) is 5.59. The molecule has 0 spiro atoms. The molecule has 1 heterocycles. The normalized spacial score (nSPS) is 12.2. The van der Waals surface area contributed by atoms with Crippen molar-refractivity contribution in [3.8, 4) is 17.2 Å². The van der Waals surface area contributed by atoms with Gasteiger partial charge in [-0.1, -0.05) is 5.16 Å². The molecular weight excluding hydrogens is 268 g/mol. The van der Waals surface area contributed by atoms with E-state index in [2.05, 4.69) is 10.1 Å². The highest BCUT2D eigenvalue weighted by Gasteiger charge is 2.20. The fraction of sp³-hybridized carbons (Fsp3) is 0.273. The van der Waals surface area contributed by atoms with Gasteiger partial charge >= 0.3 is 5.69 Å². The Bertz CT molecular complexity index is 627. The lowest BCUT2D eigenvalue weighted by Crippen LogP contribution is -2.15. The third kappa shape index (κ3) is 2.58. The van der Waals surface area contributed by atoms with E-state index in [9.17, 15) is 10.1 Å². The lowest BCUT2D eigenvalue weighted by molar-refractivity contribution is -0.385. The first-order valence-electron chi connectivity index (χ1n) is 5.59. The van der Waals surface area contributed by atoms with Crippen LogP contribution in [0.15, 0.2) is 22.7 Å². The van der Waals surface area contributed by atoms with Crippen molar-refractivity contribution in [1.29, 1.82) is 0 Å². The molecule has 1 aromatic carbocycles. The molecule has 0 saturated carbocycles. The van der Waals surface area contributed by atoms with Crippen molar-refractivity contribution in [2.75, 3.05) is 13.7 Å². The summed E-state index contributed by atoms with van der Waals surface area (Å²) in [4.78, 5) is 14.3. The smallest absolute Gasteiger partial charge is 0.311 e. The molecule has 1 aromatic heterocycles. The number of nitrogens with zero attached hydrogens (tertiary/aromatic N) is 3. The van der Waals surface area contributed by atoms with Crippen LogP contribution >= 0.6 is 0 Å². The highest BCUT2D eigenvalue weighted by molar-refractivity contribution is 5.62. The van der Waals surface area contributed by atoms with Crippen LogP contribution in [-0.2, 0) is 0 Å². The minimum absolute atomic E-state index is 0.0784. The van der Waals surface area contributed by atoms with Crippen LogP contribution < -0.4 is 10.5 Å². The number of nitro groups is 1. The van der Waals surface area contributed by atoms with Gasteiger partial charge in [-0.15, -0.1) is 0 Å². The van der Waals surface area contributed by atoms with Crippen molar-refractivity contribution in [2.45, 2.75) is 6.04 Å². The Morgan fingerprint density at radius 3 is 2.95 bits per heavy atom. The topological polar surface area (TPSA) is 138 Å². The van der Waals surface area contributed by atoms with Crippen molar-refractivity contribution in [3.05, 3.63) is 34.1 Å². The van der Waals surface area contributed by atoms with Gasteiger partial charge in [-0.2, -0.15) is 4.98 Å². The standard InChI is InChI=1S/C11H12N4O5/c1-19-9-3-2-6(4-8(9)15(17)18)11-13-10(14-20-11)7(12)5-16/h2-4,7,16H,5,12H2,1H3. The van der Waals surface area contributed by atoms with Crippen LogP contribution in [0.25, 0.3) is 11.5 Å². The number of aliphatic hydroxyl groups excluding tert-OH is 1. The molecular formula is C11H12N4O5. The van der Waals surface area contributed by atoms with Crippen molar-refractivity contribution in [3.63, 3.8) is 0 Å². The SMILES string of the molecule is COc1ccc(-c2nc(C(N)CO)no2)cc1[N+](=O)[O-]. The molecule has 0 aliphatic carbocycles. The number of hydrogen-bond donors (Lipinski definition) is 2. The van der Waals surface area contributed by atoms with E-state index in [1.54, 1.807) is 6.07 Å². The summed E-state index contributed by atoms with van der Waals surface area (Å²) in [7, 11) is 1.34. The average Bonchev–Trinajstić information content (AvgIpc) is 2.95. The number of aromatic nitrogens is 2. The summed E-state index contributed by atoms with van der Waals surface area (Å²) in [5.41, 5.74) is 5.70. The molecule has 2 aromatic rings. The Hall–Kier alpha value is -2.52. The molecule has 3 N–H and O–H groups in total. The second-order valence-electron chi connectivity index (χ2n) is 3.89. The van der Waals surface area contributed by atoms with E-state index in [0.717, 1.165) is 0 Å². The fourth-order valence-electron chi connectivity index (χ4n) is 1.55. The largest absolute Gasteiger partial charge is 0.490 e. The molecule has 0 fully saturated rings. The Morgan fingerprint density at radius 2 is 2.35 bits per heavy atom. The van der Waals surface area contributed by atoms with Crippen molar-refractivity contribution < 1.29 is 19.3 Å². The van der Waals surface area contributed by atoms with Gasteiger partial charge in [0.2, 0.25) is 0 Å². The summed E-state index contributed by atoms with van der Waals surface area (Å²) in [5, 5.41) is 23.4. The van der Waals surface area contributed by atoms with Gasteiger partial charge in [-0.3, -0.25) is 10.1 Å². The summed E-state index contributed by atoms with van der Waals surface area (Å²) >= 11 is 0. The Morgan fingerprint density at radius 1 is 1.60 bits per heavy atom. The van der Waals surface area contributed by atoms with Crippen molar-refractivity contribution >= 4 is 5.69 Å². The van der Waals surface area contributed by atoms with Gasteiger partial charge in [0.1, 0.15) is 0 Å². The monoisotopic (exact) mass is 280 g/mol. The van der Waals surface area contributed by atoms with E-state index in [4.69, 9.17) is 20.1 Å². The molecule has 0 bridgehead atoms. The molecule has 2 rings (SSSR count). The van der Waals surface area contributed by atoms with Gasteiger partial charge < -0.3 is 20.1 Å². The third-order valence-electron chi connectivity index (χ3n) is 2.59. The molecule has 0 radical (unpaired) electrons. The summed E-state index contributed by atoms with van der Waals surface area (Å²) in [6.07, 6.45) is 0. The van der Waals surface area contributed by atoms with E-state index >= 15 is 0 Å². The van der Waals surface area contributed by atoms with E-state index in [-0.39, 0.29) is 29.8 Å². The molecule has 0 amide bonds. The summed E-state index contributed by atoms with van der Waals surface area (Å²) < 4.78 is 9.86. The number of methoxy groups -OCH3 is 1. The average molecular weight is 280 g/mol. The van der Waals surface area contributed by atoms with Gasteiger partial charge in [0.15, 0.2) is 11.6 Å². The zero-order chi connectivity index (χ0) is 14.7. The minimum Gasteiger partial charge on any atom is -0.490 e. The highest BCUT2D eigenvalue weighted by atomic mass is 16.6. The summed E-state index contributed by atoms with van der Waals surface area (Å²) in [6.45, 7) is -0.332. The quantitative estimate of drug-likeness (QED) is 0.601. The number of nitrogens with two attached hydrogens (primary N) is 1. The molecule has 0 saturated heterocycles. The predicted octanol–water partition coefficient (Wildman–Crippen LogP) is 0.645. The second-order valence-corrected chi connectivity index (χ2v) is 3.89. The van der Waals surface area contributed by atoms with E-state index < -0.39 is 11.0 Å². The number of benzene rings is 1. The lowest BCUT2D eigenvalue weighted by atomic mass is 10.2. The maximum atomic E-state index is 10.9. The van der Waals surface area contributed by atoms with Crippen LogP contribution in [0.2, 0.25) is 0 Å². The maximum Gasteiger partial charge on any atom is 0.311 e. The van der Waals surface area contributed by atoms with Crippen molar-refractivity contribution in [1.82, 2.24) is 10.1 Å². The Balaban J connectivity index is 2.40. The highest BCUT2D eigenvalue weighted by Crippen LogP contribution is 2.31. The van der Waals surface area contributed by atoms with Crippen LogP contribution in [-0.4, -0.2) is 33.9 Å². The Labute approximate surface area is 113 Å². The van der Waals surface area contributed by atoms with Gasteiger partial charge in [-0.25, -0.2) is 0 Å². The van der Waals surface area contributed by atoms with E-state index in [1.807, 2.05) is 0 Å². The van der Waals surface area contributed by atoms with Crippen LogP contribution in [0, 0.1) is 10.1 Å². The minimum atomic E-state index is -0.763. The van der Waals surface area contributed by atoms with Gasteiger partial charge in [0.05, 0.1) is 24.7 Å². The van der Waals surface area contributed by atoms with E-state index in [0.29, 0.717) is 5.56 Å². The lowest BCUT2D eigenvalue weighted by Gasteiger charge is -2.02. The summed E-state index contributed by atoms with van der Waals surface area (Å²) in [6, 6.07) is 3.48. The Kier molecular flexibility index (Phi) is 3.91. The number of hydrogen-bond acceptors (Lipinski definition) is 8. The van der Waals surface area contributed by atoms with Crippen LogP contribution in [0.5, 0.6) is 5.75 Å². The molecule has 0 aliphatic rings. The van der Waals surface area contributed by atoms with Gasteiger partial charge in [0.25, 0.3) is 5.89 Å². The number of aliphatic hydroxyl groups is 1. The molecule has 9 heteroatoms. The van der Waals surface area contributed by atoms with Crippen molar-refractivity contribution in [2.24, 2.45) is 5.73 Å². The van der Waals surface area contributed by atoms with Gasteiger partial charge in [-0.05, 0) is 12.1 Å². The molecule has 1 atom stereocenters. The molecule has 20 heavy (non-hydrogen) atoms. The van der Waals surface area contributed by atoms with E-state index in [1.165, 1.54) is 19.2 Å². The predicted molar refractivity (Wildman–Crippen MR) is 67.0 cm³/mol. The fourth-order valence-corrected chi connectivity index (χ4v) is 1.55. The molecule has 0 aliphatic heterocycles. The third-order valence-corrected chi connectivity index (χ3v) is 2.59. The molecule has 9 nitrogen and oxygen atoms in total. The van der Waals surface area contributed by atoms with Crippen LogP contribution in [0.1, 0.15) is 11.9 Å². The van der Waals surface area contributed by atoms with Crippen LogP contribution in [0.3, 0.4) is 0 Å². The number of rotatable bonds is 5. The van der Waals surface area contributed by atoms with Crippen LogP contribution in [0.4, 0.5) is 5.69 Å². The zero-order valence-corrected chi connectivity index (χ0v) is 10.5. The zero-order valence-electron chi connectivity index (χ0n) is 10.5. The molecule has 1 unspecified atom stereocenters. The first-order chi connectivity index (χ1) is 9.56. The first kappa shape index (κ1) is 13.9. The molecule has 106 valence electrons. The second kappa shape index (κ2) is 5.63. The van der Waals surface area contributed by atoms with Gasteiger partial charge in [0, 0.05) is 11.6 Å². The number of nitro benzene ring substituents is 1. The summed E-state index contributed by atoms with van der Waals surface area (Å²) in [5.74, 6) is 0.334. The number of ether oxygens (including phenoxy) is 1.